The van der Waals surface area contributed by atoms with Crippen LogP contribution in [-0.2, 0) is 13.6 Å². The average molecular weight is 477 g/mol. The topological polar surface area (TPSA) is 51.0 Å². The first-order chi connectivity index (χ1) is 14.7. The molecule has 0 spiro atoms. The number of amides is 1. The van der Waals surface area contributed by atoms with Crippen LogP contribution in [0.2, 0.25) is 0 Å². The maximum atomic E-state index is 13.6. The Balaban J connectivity index is 1.79. The quantitative estimate of drug-likeness (QED) is 0.385. The minimum atomic E-state index is -0.0403. The van der Waals surface area contributed by atoms with Gasteiger partial charge >= 0.3 is 0 Å². The first-order valence-electron chi connectivity index (χ1n) is 10.2. The van der Waals surface area contributed by atoms with Crippen LogP contribution in [0, 0.1) is 20.8 Å². The van der Waals surface area contributed by atoms with Crippen LogP contribution in [0.4, 0.5) is 0 Å². The summed E-state index contributed by atoms with van der Waals surface area (Å²) in [5.74, 6) is -0.0403. The van der Waals surface area contributed by atoms with Crippen molar-refractivity contribution in [1.82, 2.24) is 19.7 Å². The molecular weight excluding hydrogens is 452 g/mol. The molecule has 2 heterocycles. The zero-order valence-corrected chi connectivity index (χ0v) is 20.0. The highest BCUT2D eigenvalue weighted by atomic mass is 79.9. The summed E-state index contributed by atoms with van der Waals surface area (Å²) in [4.78, 5) is 20.2. The fourth-order valence-corrected chi connectivity index (χ4v) is 4.17. The smallest absolute Gasteiger partial charge is 0.254 e. The lowest BCUT2D eigenvalue weighted by atomic mass is 10.0. The van der Waals surface area contributed by atoms with Crippen LogP contribution in [0.15, 0.2) is 53.0 Å². The van der Waals surface area contributed by atoms with Crippen molar-refractivity contribution in [3.05, 3.63) is 81.1 Å². The van der Waals surface area contributed by atoms with Crippen molar-refractivity contribution in [2.24, 2.45) is 7.05 Å². The Hall–Kier alpha value is -2.99. The van der Waals surface area contributed by atoms with Crippen LogP contribution in [-0.4, -0.2) is 32.6 Å². The monoisotopic (exact) mass is 476 g/mol. The molecule has 0 N–H and O–H groups in total. The molecule has 4 rings (SSSR count). The number of benzene rings is 2. The van der Waals surface area contributed by atoms with Gasteiger partial charge in [-0.2, -0.15) is 5.10 Å². The van der Waals surface area contributed by atoms with Gasteiger partial charge in [0.15, 0.2) is 0 Å². The van der Waals surface area contributed by atoms with Crippen molar-refractivity contribution in [2.45, 2.75) is 27.3 Å². The lowest BCUT2D eigenvalue weighted by molar-refractivity contribution is 0.0786. The Morgan fingerprint density at radius 1 is 1.06 bits per heavy atom. The predicted octanol–water partition coefficient (Wildman–Crippen LogP) is 5.60. The molecule has 1 amide bonds. The summed E-state index contributed by atoms with van der Waals surface area (Å²) in [6.45, 7) is 6.57. The van der Waals surface area contributed by atoms with Crippen molar-refractivity contribution >= 4 is 32.7 Å². The molecule has 5 nitrogen and oxygen atoms in total. The second-order valence-electron chi connectivity index (χ2n) is 8.02. The second-order valence-corrected chi connectivity index (χ2v) is 8.93. The number of nitrogens with zero attached hydrogens (tertiary/aromatic N) is 4. The van der Waals surface area contributed by atoms with E-state index in [0.29, 0.717) is 12.1 Å². The third kappa shape index (κ3) is 4.12. The molecule has 6 heteroatoms. The van der Waals surface area contributed by atoms with Gasteiger partial charge in [-0.05, 0) is 45.0 Å². The van der Waals surface area contributed by atoms with E-state index in [-0.39, 0.29) is 5.91 Å². The SMILES string of the molecule is Cc1ccc(-c2cc(C(=O)N(C)Cc3c(C)nn(C)c3C)c3cc(Br)ccc3n2)cc1. The number of fused-ring (bicyclic) bond motifs is 1. The van der Waals surface area contributed by atoms with E-state index in [1.807, 2.05) is 69.0 Å². The lowest BCUT2D eigenvalue weighted by Crippen LogP contribution is -2.27. The third-order valence-electron chi connectivity index (χ3n) is 5.75. The van der Waals surface area contributed by atoms with Crippen molar-refractivity contribution in [1.29, 1.82) is 0 Å². The number of hydrogen-bond acceptors (Lipinski definition) is 3. The standard InChI is InChI=1S/C25H25BrN4O/c1-15-6-8-18(9-7-15)24-13-21(20-12-19(26)10-11-23(20)27-24)25(31)29(4)14-22-16(2)28-30(5)17(22)3/h6-13H,14H2,1-5H3. The number of aromatic nitrogens is 3. The Morgan fingerprint density at radius 2 is 1.77 bits per heavy atom. The lowest BCUT2D eigenvalue weighted by Gasteiger charge is -2.19. The fourth-order valence-electron chi connectivity index (χ4n) is 3.81. The molecule has 31 heavy (non-hydrogen) atoms. The van der Waals surface area contributed by atoms with Crippen LogP contribution in [0.25, 0.3) is 22.2 Å². The number of pyridine rings is 1. The summed E-state index contributed by atoms with van der Waals surface area (Å²) in [6, 6.07) is 16.0. The summed E-state index contributed by atoms with van der Waals surface area (Å²) < 4.78 is 2.78. The molecule has 0 bridgehead atoms. The van der Waals surface area contributed by atoms with Crippen molar-refractivity contribution < 1.29 is 4.79 Å². The van der Waals surface area contributed by atoms with Gasteiger partial charge < -0.3 is 4.90 Å². The molecule has 0 saturated carbocycles. The zero-order valence-electron chi connectivity index (χ0n) is 18.4. The van der Waals surface area contributed by atoms with Crippen molar-refractivity contribution in [3.8, 4) is 11.3 Å². The van der Waals surface area contributed by atoms with Gasteiger partial charge in [-0.3, -0.25) is 9.48 Å². The third-order valence-corrected chi connectivity index (χ3v) is 6.24. The van der Waals surface area contributed by atoms with Gasteiger partial charge in [-0.25, -0.2) is 4.98 Å². The number of carbonyl (C=O) groups is 1. The molecule has 0 unspecified atom stereocenters. The van der Waals surface area contributed by atoms with E-state index in [1.54, 1.807) is 4.90 Å². The van der Waals surface area contributed by atoms with Gasteiger partial charge in [0.05, 0.1) is 22.5 Å². The highest BCUT2D eigenvalue weighted by Gasteiger charge is 2.20. The summed E-state index contributed by atoms with van der Waals surface area (Å²) in [5, 5.41) is 5.32. The molecule has 0 radical (unpaired) electrons. The van der Waals surface area contributed by atoms with Gasteiger partial charge in [0.2, 0.25) is 0 Å². The van der Waals surface area contributed by atoms with E-state index < -0.39 is 0 Å². The van der Waals surface area contributed by atoms with Gasteiger partial charge in [0, 0.05) is 47.3 Å². The second kappa shape index (κ2) is 8.27. The Kier molecular flexibility index (Phi) is 5.67. The van der Waals surface area contributed by atoms with E-state index >= 15 is 0 Å². The number of aryl methyl sites for hydroxylation is 3. The Morgan fingerprint density at radius 3 is 2.42 bits per heavy atom. The van der Waals surface area contributed by atoms with Crippen molar-refractivity contribution in [2.75, 3.05) is 7.05 Å². The molecule has 0 aliphatic carbocycles. The summed E-state index contributed by atoms with van der Waals surface area (Å²) >= 11 is 3.54. The summed E-state index contributed by atoms with van der Waals surface area (Å²) in [6.07, 6.45) is 0. The van der Waals surface area contributed by atoms with Crippen LogP contribution in [0.1, 0.15) is 32.9 Å². The van der Waals surface area contributed by atoms with Gasteiger partial charge in [-0.1, -0.05) is 45.8 Å². The highest BCUT2D eigenvalue weighted by molar-refractivity contribution is 9.10. The Bertz CT molecular complexity index is 1290. The van der Waals surface area contributed by atoms with Crippen LogP contribution in [0.3, 0.4) is 0 Å². The number of carbonyl (C=O) groups excluding carboxylic acids is 1. The molecule has 0 fully saturated rings. The van der Waals surface area contributed by atoms with E-state index in [1.165, 1.54) is 5.56 Å². The van der Waals surface area contributed by atoms with Gasteiger partial charge in [0.25, 0.3) is 5.91 Å². The van der Waals surface area contributed by atoms with E-state index in [9.17, 15) is 4.79 Å². The van der Waals surface area contributed by atoms with Gasteiger partial charge in [0.1, 0.15) is 0 Å². The summed E-state index contributed by atoms with van der Waals surface area (Å²) in [5.41, 5.74) is 7.51. The molecule has 0 aliphatic rings. The number of hydrogen-bond donors (Lipinski definition) is 0. The van der Waals surface area contributed by atoms with Crippen molar-refractivity contribution in [3.63, 3.8) is 0 Å². The normalized spacial score (nSPS) is 11.2. The van der Waals surface area contributed by atoms with Gasteiger partial charge in [-0.15, -0.1) is 0 Å². The molecule has 2 aromatic heterocycles. The molecule has 4 aromatic rings. The van der Waals surface area contributed by atoms with E-state index in [0.717, 1.165) is 43.6 Å². The molecule has 158 valence electrons. The largest absolute Gasteiger partial charge is 0.337 e. The zero-order chi connectivity index (χ0) is 22.3. The molecule has 0 atom stereocenters. The minimum Gasteiger partial charge on any atom is -0.337 e. The molecule has 0 aliphatic heterocycles. The predicted molar refractivity (Wildman–Crippen MR) is 128 cm³/mol. The summed E-state index contributed by atoms with van der Waals surface area (Å²) in [7, 11) is 3.76. The van der Waals surface area contributed by atoms with Crippen LogP contribution >= 0.6 is 15.9 Å². The average Bonchev–Trinajstić information content (AvgIpc) is 2.99. The number of rotatable bonds is 4. The fraction of sp³-hybridized carbons (Fsp3) is 0.240. The molecule has 0 saturated heterocycles. The first kappa shape index (κ1) is 21.2. The Labute approximate surface area is 190 Å². The van der Waals surface area contributed by atoms with E-state index in [2.05, 4.69) is 40.1 Å². The minimum absolute atomic E-state index is 0.0403. The van der Waals surface area contributed by atoms with Crippen LogP contribution in [0.5, 0.6) is 0 Å². The highest BCUT2D eigenvalue weighted by Crippen LogP contribution is 2.28. The maximum Gasteiger partial charge on any atom is 0.254 e. The first-order valence-corrected chi connectivity index (χ1v) is 11.0. The molecule has 2 aromatic carbocycles. The number of halogens is 1. The maximum absolute atomic E-state index is 13.6. The van der Waals surface area contributed by atoms with Crippen LogP contribution < -0.4 is 0 Å². The molecular formula is C25H25BrN4O. The van der Waals surface area contributed by atoms with E-state index in [4.69, 9.17) is 4.98 Å².